The van der Waals surface area contributed by atoms with E-state index in [0.29, 0.717) is 24.7 Å². The van der Waals surface area contributed by atoms with Crippen LogP contribution in [0.2, 0.25) is 0 Å². The van der Waals surface area contributed by atoms with Crippen LogP contribution < -0.4 is 4.90 Å². The van der Waals surface area contributed by atoms with E-state index in [1.807, 2.05) is 35.2 Å². The lowest BCUT2D eigenvalue weighted by atomic mass is 9.99. The van der Waals surface area contributed by atoms with Crippen LogP contribution in [0.3, 0.4) is 0 Å². The molecular formula is C20H19N3O2S. The highest BCUT2D eigenvalue weighted by molar-refractivity contribution is 7.15. The maximum absolute atomic E-state index is 12.4. The van der Waals surface area contributed by atoms with Crippen molar-refractivity contribution in [1.82, 2.24) is 10.1 Å². The molecule has 26 heavy (non-hydrogen) atoms. The number of nitrogens with zero attached hydrogens (tertiary/aromatic N) is 3. The quantitative estimate of drug-likeness (QED) is 0.698. The first-order valence-corrected chi connectivity index (χ1v) is 9.90. The van der Waals surface area contributed by atoms with Crippen molar-refractivity contribution in [2.45, 2.75) is 38.0 Å². The van der Waals surface area contributed by atoms with Gasteiger partial charge in [0.05, 0.1) is 4.88 Å². The Morgan fingerprint density at radius 1 is 1.15 bits per heavy atom. The van der Waals surface area contributed by atoms with Crippen LogP contribution >= 0.6 is 11.3 Å². The van der Waals surface area contributed by atoms with Crippen molar-refractivity contribution >= 4 is 22.9 Å². The molecule has 1 amide bonds. The molecule has 132 valence electrons. The number of para-hydroxylation sites is 1. The van der Waals surface area contributed by atoms with Crippen LogP contribution in [-0.2, 0) is 17.6 Å². The molecule has 2 aliphatic rings. The van der Waals surface area contributed by atoms with Gasteiger partial charge in [0.25, 0.3) is 5.89 Å². The number of thiophene rings is 1. The molecule has 1 fully saturated rings. The number of benzene rings is 1. The predicted octanol–water partition coefficient (Wildman–Crippen LogP) is 4.20. The minimum absolute atomic E-state index is 0.0187. The molecule has 3 aromatic rings. The van der Waals surface area contributed by atoms with E-state index in [0.717, 1.165) is 23.4 Å². The molecule has 0 spiro atoms. The number of fused-ring (bicyclic) bond motifs is 1. The normalized spacial score (nSPS) is 19.8. The molecule has 5 rings (SSSR count). The maximum Gasteiger partial charge on any atom is 0.268 e. The molecule has 1 atom stereocenters. The first kappa shape index (κ1) is 15.8. The van der Waals surface area contributed by atoms with Gasteiger partial charge in [0, 0.05) is 29.4 Å². The van der Waals surface area contributed by atoms with E-state index in [1.54, 1.807) is 11.3 Å². The molecule has 2 aromatic heterocycles. The van der Waals surface area contributed by atoms with Crippen LogP contribution in [0.4, 0.5) is 5.69 Å². The standard InChI is InChI=1S/C20H19N3O2S/c24-18-11-14(12-23(18)15-7-2-1-3-8-15)19-21-20(25-22-19)17-10-13-6-4-5-9-16(13)26-17/h1-3,7-8,10,14H,4-6,9,11-12H2. The molecule has 5 nitrogen and oxygen atoms in total. The highest BCUT2D eigenvalue weighted by Gasteiger charge is 2.34. The SMILES string of the molecule is O=C1CC(c2noc(-c3cc4c(s3)CCCC4)n2)CN1c1ccccc1. The Hall–Kier alpha value is -2.47. The van der Waals surface area contributed by atoms with Gasteiger partial charge in [-0.05, 0) is 49.4 Å². The Balaban J connectivity index is 1.37. The van der Waals surface area contributed by atoms with Gasteiger partial charge in [-0.15, -0.1) is 11.3 Å². The van der Waals surface area contributed by atoms with Crippen molar-refractivity contribution in [2.75, 3.05) is 11.4 Å². The van der Waals surface area contributed by atoms with E-state index in [-0.39, 0.29) is 11.8 Å². The molecule has 1 unspecified atom stereocenters. The van der Waals surface area contributed by atoms with Gasteiger partial charge >= 0.3 is 0 Å². The molecule has 0 radical (unpaired) electrons. The van der Waals surface area contributed by atoms with Crippen molar-refractivity contribution in [2.24, 2.45) is 0 Å². The molecule has 0 saturated carbocycles. The zero-order valence-electron chi connectivity index (χ0n) is 14.4. The molecule has 1 aliphatic carbocycles. The zero-order chi connectivity index (χ0) is 17.5. The van der Waals surface area contributed by atoms with Gasteiger partial charge in [-0.3, -0.25) is 4.79 Å². The number of hydrogen-bond donors (Lipinski definition) is 0. The Morgan fingerprint density at radius 3 is 2.85 bits per heavy atom. The Bertz CT molecular complexity index is 924. The van der Waals surface area contributed by atoms with Crippen molar-refractivity contribution in [3.05, 3.63) is 52.7 Å². The first-order chi connectivity index (χ1) is 12.8. The summed E-state index contributed by atoms with van der Waals surface area (Å²) in [6, 6.07) is 12.0. The highest BCUT2D eigenvalue weighted by atomic mass is 32.1. The highest BCUT2D eigenvalue weighted by Crippen LogP contribution is 2.36. The van der Waals surface area contributed by atoms with Gasteiger partial charge in [-0.25, -0.2) is 0 Å². The molecule has 1 aromatic carbocycles. The minimum Gasteiger partial charge on any atom is -0.333 e. The van der Waals surface area contributed by atoms with Gasteiger partial charge in [-0.2, -0.15) is 4.98 Å². The van der Waals surface area contributed by atoms with Crippen molar-refractivity contribution in [1.29, 1.82) is 0 Å². The third-order valence-electron chi connectivity index (χ3n) is 5.21. The number of carbonyl (C=O) groups is 1. The number of aromatic nitrogens is 2. The van der Waals surface area contributed by atoms with Crippen LogP contribution in [-0.4, -0.2) is 22.6 Å². The van der Waals surface area contributed by atoms with Gasteiger partial charge in [-0.1, -0.05) is 23.4 Å². The van der Waals surface area contributed by atoms with E-state index in [1.165, 1.54) is 23.3 Å². The molecule has 0 N–H and O–H groups in total. The lowest BCUT2D eigenvalue weighted by Crippen LogP contribution is -2.24. The number of amides is 1. The van der Waals surface area contributed by atoms with E-state index in [4.69, 9.17) is 4.52 Å². The largest absolute Gasteiger partial charge is 0.333 e. The molecule has 6 heteroatoms. The van der Waals surface area contributed by atoms with Crippen molar-refractivity contribution in [3.63, 3.8) is 0 Å². The molecule has 0 bridgehead atoms. The van der Waals surface area contributed by atoms with Gasteiger partial charge in [0.15, 0.2) is 5.82 Å². The Labute approximate surface area is 155 Å². The number of hydrogen-bond acceptors (Lipinski definition) is 5. The summed E-state index contributed by atoms with van der Waals surface area (Å²) in [7, 11) is 0. The summed E-state index contributed by atoms with van der Waals surface area (Å²) in [5.41, 5.74) is 2.36. The van der Waals surface area contributed by atoms with Crippen LogP contribution in [0.5, 0.6) is 0 Å². The van der Waals surface area contributed by atoms with Crippen molar-refractivity contribution < 1.29 is 9.32 Å². The van der Waals surface area contributed by atoms with E-state index in [9.17, 15) is 4.79 Å². The number of aryl methyl sites for hydroxylation is 2. The second-order valence-corrected chi connectivity index (χ2v) is 8.10. The summed E-state index contributed by atoms with van der Waals surface area (Å²) in [5, 5.41) is 4.19. The molecule has 3 heterocycles. The lowest BCUT2D eigenvalue weighted by Gasteiger charge is -2.15. The third-order valence-corrected chi connectivity index (χ3v) is 6.43. The van der Waals surface area contributed by atoms with Crippen LogP contribution in [0.15, 0.2) is 40.9 Å². The first-order valence-electron chi connectivity index (χ1n) is 9.09. The second kappa shape index (κ2) is 6.36. The van der Waals surface area contributed by atoms with Gasteiger partial charge < -0.3 is 9.42 Å². The van der Waals surface area contributed by atoms with Gasteiger partial charge in [0.1, 0.15) is 0 Å². The van der Waals surface area contributed by atoms with E-state index < -0.39 is 0 Å². The zero-order valence-corrected chi connectivity index (χ0v) is 15.2. The topological polar surface area (TPSA) is 59.2 Å². The minimum atomic E-state index is -0.0187. The van der Waals surface area contributed by atoms with Crippen LogP contribution in [0.25, 0.3) is 10.8 Å². The fourth-order valence-electron chi connectivity index (χ4n) is 3.83. The Morgan fingerprint density at radius 2 is 2.00 bits per heavy atom. The van der Waals surface area contributed by atoms with E-state index in [2.05, 4.69) is 16.2 Å². The maximum atomic E-state index is 12.4. The summed E-state index contributed by atoms with van der Waals surface area (Å²) in [6.45, 7) is 0.600. The summed E-state index contributed by atoms with van der Waals surface area (Å²) in [5.74, 6) is 1.32. The summed E-state index contributed by atoms with van der Waals surface area (Å²) >= 11 is 1.77. The number of rotatable bonds is 3. The predicted molar refractivity (Wildman–Crippen MR) is 100 cm³/mol. The number of anilines is 1. The fraction of sp³-hybridized carbons (Fsp3) is 0.350. The third kappa shape index (κ3) is 2.74. The van der Waals surface area contributed by atoms with Crippen molar-refractivity contribution in [3.8, 4) is 10.8 Å². The second-order valence-electron chi connectivity index (χ2n) is 6.96. The smallest absolute Gasteiger partial charge is 0.268 e. The van der Waals surface area contributed by atoms with E-state index >= 15 is 0 Å². The van der Waals surface area contributed by atoms with Crippen LogP contribution in [0.1, 0.15) is 41.4 Å². The molecule has 1 saturated heterocycles. The Kier molecular flexibility index (Phi) is 3.85. The van der Waals surface area contributed by atoms with Gasteiger partial charge in [0.2, 0.25) is 5.91 Å². The lowest BCUT2D eigenvalue weighted by molar-refractivity contribution is -0.117. The summed E-state index contributed by atoms with van der Waals surface area (Å²) in [4.78, 5) is 21.4. The fourth-order valence-corrected chi connectivity index (χ4v) is 5.01. The average Bonchev–Trinajstić information content (AvgIpc) is 3.39. The van der Waals surface area contributed by atoms with Crippen LogP contribution in [0, 0.1) is 0 Å². The number of carbonyl (C=O) groups excluding carboxylic acids is 1. The molecular weight excluding hydrogens is 346 g/mol. The molecule has 1 aliphatic heterocycles. The average molecular weight is 365 g/mol. The summed E-state index contributed by atoms with van der Waals surface area (Å²) < 4.78 is 5.54. The monoisotopic (exact) mass is 365 g/mol. The summed E-state index contributed by atoms with van der Waals surface area (Å²) in [6.07, 6.45) is 5.26.